The lowest BCUT2D eigenvalue weighted by Gasteiger charge is -1.96. The Morgan fingerprint density at radius 1 is 1.17 bits per heavy atom. The van der Waals surface area contributed by atoms with Crippen molar-refractivity contribution in [1.82, 2.24) is 15.6 Å². The van der Waals surface area contributed by atoms with Gasteiger partial charge in [0.1, 0.15) is 11.5 Å². The maximum absolute atomic E-state index is 12.8. The van der Waals surface area contributed by atoms with E-state index in [1.165, 1.54) is 18.3 Å². The van der Waals surface area contributed by atoms with Crippen molar-refractivity contribution in [3.05, 3.63) is 76.7 Å². The lowest BCUT2D eigenvalue weighted by Crippen LogP contribution is -2.17. The molecule has 2 aromatic carbocycles. The molecular weight excluding hydrogens is 331 g/mol. The van der Waals surface area contributed by atoms with Crippen molar-refractivity contribution in [2.24, 2.45) is 5.10 Å². The molecule has 0 aliphatic rings. The summed E-state index contributed by atoms with van der Waals surface area (Å²) in [5, 5.41) is 11.2. The van der Waals surface area contributed by atoms with E-state index in [0.717, 1.165) is 5.56 Å². The Balaban J connectivity index is 1.65. The van der Waals surface area contributed by atoms with Crippen LogP contribution in [0.2, 0.25) is 5.02 Å². The highest BCUT2D eigenvalue weighted by atomic mass is 35.5. The number of hydrogen-bond donors (Lipinski definition) is 2. The maximum atomic E-state index is 12.8. The molecule has 3 aromatic rings. The van der Waals surface area contributed by atoms with E-state index < -0.39 is 5.91 Å². The highest BCUT2D eigenvalue weighted by Gasteiger charge is 2.10. The standard InChI is InChI=1S/C17H12ClFN4O/c18-13-5-3-12(4-6-13)15-9-16(22-21-15)17(24)23-20-10-11-1-7-14(19)8-2-11/h1-10H,(H,21,22)(H,23,24)/b20-10+. The van der Waals surface area contributed by atoms with E-state index in [0.29, 0.717) is 16.3 Å². The van der Waals surface area contributed by atoms with Crippen LogP contribution in [-0.4, -0.2) is 22.3 Å². The van der Waals surface area contributed by atoms with Crippen molar-refractivity contribution in [3.63, 3.8) is 0 Å². The van der Waals surface area contributed by atoms with Crippen LogP contribution < -0.4 is 5.43 Å². The van der Waals surface area contributed by atoms with Gasteiger partial charge in [-0.25, -0.2) is 9.82 Å². The second kappa shape index (κ2) is 7.06. The fourth-order valence-corrected chi connectivity index (χ4v) is 2.11. The summed E-state index contributed by atoms with van der Waals surface area (Å²) in [6, 6.07) is 14.5. The largest absolute Gasteiger partial charge is 0.289 e. The van der Waals surface area contributed by atoms with Crippen LogP contribution in [0.4, 0.5) is 4.39 Å². The summed E-state index contributed by atoms with van der Waals surface area (Å²) in [6.07, 6.45) is 1.42. The number of carbonyl (C=O) groups excluding carboxylic acids is 1. The van der Waals surface area contributed by atoms with Crippen LogP contribution in [0.25, 0.3) is 11.3 Å². The van der Waals surface area contributed by atoms with E-state index in [1.807, 2.05) is 12.1 Å². The number of rotatable bonds is 4. The molecule has 0 unspecified atom stereocenters. The number of benzene rings is 2. The Kier molecular flexibility index (Phi) is 4.67. The second-order valence-corrected chi connectivity index (χ2v) is 5.36. The first-order chi connectivity index (χ1) is 11.6. The molecule has 3 rings (SSSR count). The molecule has 0 aliphatic carbocycles. The number of H-pyrrole nitrogens is 1. The van der Waals surface area contributed by atoms with Crippen molar-refractivity contribution in [3.8, 4) is 11.3 Å². The summed E-state index contributed by atoms with van der Waals surface area (Å²) in [4.78, 5) is 12.0. The van der Waals surface area contributed by atoms with Crippen LogP contribution in [0.3, 0.4) is 0 Å². The first-order valence-corrected chi connectivity index (χ1v) is 7.40. The summed E-state index contributed by atoms with van der Waals surface area (Å²) in [6.45, 7) is 0. The predicted octanol–water partition coefficient (Wildman–Crippen LogP) is 3.63. The monoisotopic (exact) mass is 342 g/mol. The average molecular weight is 343 g/mol. The molecule has 1 amide bonds. The minimum atomic E-state index is -0.430. The van der Waals surface area contributed by atoms with Gasteiger partial charge in [-0.1, -0.05) is 35.9 Å². The van der Waals surface area contributed by atoms with E-state index in [9.17, 15) is 9.18 Å². The molecule has 1 aromatic heterocycles. The number of carbonyl (C=O) groups is 1. The van der Waals surface area contributed by atoms with Gasteiger partial charge in [0.25, 0.3) is 5.91 Å². The minimum Gasteiger partial charge on any atom is -0.272 e. The van der Waals surface area contributed by atoms with Crippen LogP contribution >= 0.6 is 11.6 Å². The topological polar surface area (TPSA) is 70.1 Å². The lowest BCUT2D eigenvalue weighted by molar-refractivity contribution is 0.0950. The van der Waals surface area contributed by atoms with Crippen molar-refractivity contribution < 1.29 is 9.18 Å². The average Bonchev–Trinajstić information content (AvgIpc) is 3.07. The van der Waals surface area contributed by atoms with Gasteiger partial charge in [-0.05, 0) is 35.9 Å². The number of halogens is 2. The van der Waals surface area contributed by atoms with Gasteiger partial charge in [0, 0.05) is 10.6 Å². The summed E-state index contributed by atoms with van der Waals surface area (Å²) in [7, 11) is 0. The zero-order chi connectivity index (χ0) is 16.9. The number of nitrogens with zero attached hydrogens (tertiary/aromatic N) is 2. The third-order valence-electron chi connectivity index (χ3n) is 3.21. The smallest absolute Gasteiger partial charge is 0.272 e. The third-order valence-corrected chi connectivity index (χ3v) is 3.46. The molecule has 0 atom stereocenters. The Hall–Kier alpha value is -2.99. The molecule has 0 radical (unpaired) electrons. The molecule has 0 saturated heterocycles. The van der Waals surface area contributed by atoms with Gasteiger partial charge in [-0.2, -0.15) is 10.2 Å². The van der Waals surface area contributed by atoms with Gasteiger partial charge >= 0.3 is 0 Å². The van der Waals surface area contributed by atoms with Gasteiger partial charge in [0.15, 0.2) is 0 Å². The normalized spacial score (nSPS) is 10.9. The first-order valence-electron chi connectivity index (χ1n) is 7.02. The van der Waals surface area contributed by atoms with Gasteiger partial charge in [-0.15, -0.1) is 0 Å². The molecule has 0 saturated carbocycles. The lowest BCUT2D eigenvalue weighted by atomic mass is 10.1. The number of nitrogens with one attached hydrogen (secondary N) is 2. The number of hydrogen-bond acceptors (Lipinski definition) is 3. The first kappa shape index (κ1) is 15.9. The maximum Gasteiger partial charge on any atom is 0.289 e. The Bertz CT molecular complexity index is 872. The van der Waals surface area contributed by atoms with Crippen molar-refractivity contribution >= 4 is 23.7 Å². The van der Waals surface area contributed by atoms with E-state index in [4.69, 9.17) is 11.6 Å². The van der Waals surface area contributed by atoms with Crippen LogP contribution in [0.5, 0.6) is 0 Å². The van der Waals surface area contributed by atoms with Crippen molar-refractivity contribution in [1.29, 1.82) is 0 Å². The Morgan fingerprint density at radius 3 is 2.58 bits per heavy atom. The molecule has 24 heavy (non-hydrogen) atoms. The zero-order valence-electron chi connectivity index (χ0n) is 12.3. The molecule has 5 nitrogen and oxygen atoms in total. The van der Waals surface area contributed by atoms with Gasteiger partial charge in [0.2, 0.25) is 0 Å². The Labute approximate surface area is 142 Å². The third kappa shape index (κ3) is 3.85. The molecule has 1 heterocycles. The Morgan fingerprint density at radius 2 is 1.88 bits per heavy atom. The molecule has 2 N–H and O–H groups in total. The highest BCUT2D eigenvalue weighted by Crippen LogP contribution is 2.20. The molecule has 0 aliphatic heterocycles. The number of amides is 1. The van der Waals surface area contributed by atoms with Crippen LogP contribution in [0, 0.1) is 5.82 Å². The van der Waals surface area contributed by atoms with Gasteiger partial charge in [-0.3, -0.25) is 9.89 Å². The fraction of sp³-hybridized carbons (Fsp3) is 0. The van der Waals surface area contributed by atoms with E-state index in [1.54, 1.807) is 30.3 Å². The van der Waals surface area contributed by atoms with E-state index in [2.05, 4.69) is 20.7 Å². The number of aromatic amines is 1. The summed E-state index contributed by atoms with van der Waals surface area (Å²) in [5.41, 5.74) is 4.79. The summed E-state index contributed by atoms with van der Waals surface area (Å²) >= 11 is 5.84. The molecule has 0 spiro atoms. The van der Waals surface area contributed by atoms with Gasteiger partial charge in [0.05, 0.1) is 11.9 Å². The quantitative estimate of drug-likeness (QED) is 0.561. The van der Waals surface area contributed by atoms with Crippen molar-refractivity contribution in [2.75, 3.05) is 0 Å². The van der Waals surface area contributed by atoms with E-state index in [-0.39, 0.29) is 11.5 Å². The fourth-order valence-electron chi connectivity index (χ4n) is 1.98. The second-order valence-electron chi connectivity index (χ2n) is 4.92. The van der Waals surface area contributed by atoms with Crippen molar-refractivity contribution in [2.45, 2.75) is 0 Å². The molecule has 0 bridgehead atoms. The number of hydrazone groups is 1. The van der Waals surface area contributed by atoms with E-state index >= 15 is 0 Å². The zero-order valence-corrected chi connectivity index (χ0v) is 13.1. The molecular formula is C17H12ClFN4O. The molecule has 0 fully saturated rings. The molecule has 7 heteroatoms. The highest BCUT2D eigenvalue weighted by molar-refractivity contribution is 6.30. The summed E-state index contributed by atoms with van der Waals surface area (Å²) < 4.78 is 12.8. The SMILES string of the molecule is O=C(N/N=C/c1ccc(F)cc1)c1cc(-c2ccc(Cl)cc2)n[nH]1. The number of aromatic nitrogens is 2. The van der Waals surface area contributed by atoms with Crippen LogP contribution in [0.15, 0.2) is 59.7 Å². The van der Waals surface area contributed by atoms with Gasteiger partial charge < -0.3 is 0 Å². The molecule has 120 valence electrons. The van der Waals surface area contributed by atoms with Crippen LogP contribution in [0.1, 0.15) is 16.1 Å². The summed E-state index contributed by atoms with van der Waals surface area (Å²) in [5.74, 6) is -0.760. The van der Waals surface area contributed by atoms with Crippen LogP contribution in [-0.2, 0) is 0 Å². The predicted molar refractivity (Wildman–Crippen MR) is 90.5 cm³/mol. The minimum absolute atomic E-state index is 0.274.